The number of hydrogen-bond donors (Lipinski definition) is 1. The Hall–Kier alpha value is -1.73. The topological polar surface area (TPSA) is 72.2 Å². The molecule has 2 aromatic rings. The fraction of sp³-hybridized carbons (Fsp3) is 0.154. The molecule has 2 rings (SSSR count). The summed E-state index contributed by atoms with van der Waals surface area (Å²) < 4.78 is 0.952. The van der Waals surface area contributed by atoms with Gasteiger partial charge in [0.2, 0.25) is 0 Å². The minimum Gasteiger partial charge on any atom is -0.347 e. The Kier molecular flexibility index (Phi) is 4.51. The normalized spacial score (nSPS) is 10.3. The molecule has 0 saturated carbocycles. The molecule has 0 unspecified atom stereocenters. The monoisotopic (exact) mass is 354 g/mol. The van der Waals surface area contributed by atoms with Crippen LogP contribution in [0.4, 0.5) is 5.69 Å². The zero-order valence-corrected chi connectivity index (χ0v) is 13.0. The van der Waals surface area contributed by atoms with Crippen LogP contribution in [0.5, 0.6) is 0 Å². The van der Waals surface area contributed by atoms with Crippen molar-refractivity contribution in [1.82, 2.24) is 5.32 Å². The molecule has 0 radical (unpaired) electrons. The number of nitrogens with zero attached hydrogens (tertiary/aromatic N) is 1. The van der Waals surface area contributed by atoms with Gasteiger partial charge in [0.15, 0.2) is 0 Å². The van der Waals surface area contributed by atoms with Gasteiger partial charge in [-0.15, -0.1) is 11.3 Å². The van der Waals surface area contributed by atoms with E-state index >= 15 is 0 Å². The molecule has 0 aliphatic carbocycles. The average Bonchev–Trinajstić information content (AvgIpc) is 2.81. The molecule has 0 fully saturated rings. The van der Waals surface area contributed by atoms with E-state index in [9.17, 15) is 14.9 Å². The van der Waals surface area contributed by atoms with Crippen molar-refractivity contribution in [3.63, 3.8) is 0 Å². The molecule has 0 saturated heterocycles. The first-order valence-electron chi connectivity index (χ1n) is 5.74. The molecule has 7 heteroatoms. The van der Waals surface area contributed by atoms with Crippen LogP contribution < -0.4 is 5.32 Å². The van der Waals surface area contributed by atoms with E-state index in [0.29, 0.717) is 12.1 Å². The van der Waals surface area contributed by atoms with E-state index in [4.69, 9.17) is 0 Å². The maximum absolute atomic E-state index is 12.1. The first-order chi connectivity index (χ1) is 9.49. The third kappa shape index (κ3) is 3.23. The molecule has 1 amide bonds. The fourth-order valence-corrected chi connectivity index (χ4v) is 3.18. The number of nitrogens with one attached hydrogen (secondary N) is 1. The lowest BCUT2D eigenvalue weighted by Gasteiger charge is -2.06. The lowest BCUT2D eigenvalue weighted by molar-refractivity contribution is -0.385. The molecule has 1 heterocycles. The average molecular weight is 355 g/mol. The van der Waals surface area contributed by atoms with Crippen molar-refractivity contribution in [2.45, 2.75) is 13.5 Å². The summed E-state index contributed by atoms with van der Waals surface area (Å²) in [5.74, 6) is -0.440. The van der Waals surface area contributed by atoms with Crippen molar-refractivity contribution in [2.75, 3.05) is 0 Å². The molecule has 0 aliphatic rings. The number of rotatable bonds is 4. The van der Waals surface area contributed by atoms with Gasteiger partial charge in [-0.05, 0) is 35.0 Å². The predicted molar refractivity (Wildman–Crippen MR) is 81.0 cm³/mol. The van der Waals surface area contributed by atoms with Gasteiger partial charge >= 0.3 is 0 Å². The van der Waals surface area contributed by atoms with Gasteiger partial charge in [-0.25, -0.2) is 0 Å². The van der Waals surface area contributed by atoms with Crippen LogP contribution in [-0.2, 0) is 6.54 Å². The van der Waals surface area contributed by atoms with Crippen LogP contribution in [0.1, 0.15) is 20.8 Å². The number of nitro benzene ring substituents is 1. The van der Waals surface area contributed by atoms with Crippen LogP contribution >= 0.6 is 27.3 Å². The molecule has 104 valence electrons. The molecular weight excluding hydrogens is 344 g/mol. The standard InChI is InChI=1S/C13H11BrN2O3S/c1-8-3-2-4-11(12(8)16(18)19)13(17)15-6-10-5-9(14)7-20-10/h2-5,7H,6H2,1H3,(H,15,17). The summed E-state index contributed by atoms with van der Waals surface area (Å²) in [7, 11) is 0. The van der Waals surface area contributed by atoms with Gasteiger partial charge in [-0.3, -0.25) is 14.9 Å². The largest absolute Gasteiger partial charge is 0.347 e. The summed E-state index contributed by atoms with van der Waals surface area (Å²) in [5.41, 5.74) is 0.421. The van der Waals surface area contributed by atoms with Crippen LogP contribution in [0.15, 0.2) is 34.1 Å². The van der Waals surface area contributed by atoms with Crippen LogP contribution in [0.2, 0.25) is 0 Å². The van der Waals surface area contributed by atoms with E-state index in [1.54, 1.807) is 19.1 Å². The van der Waals surface area contributed by atoms with Gasteiger partial charge in [0.25, 0.3) is 11.6 Å². The van der Waals surface area contributed by atoms with Crippen molar-refractivity contribution in [3.8, 4) is 0 Å². The highest BCUT2D eigenvalue weighted by molar-refractivity contribution is 9.10. The highest BCUT2D eigenvalue weighted by atomic mass is 79.9. The summed E-state index contributed by atoms with van der Waals surface area (Å²) in [6.45, 7) is 1.96. The highest BCUT2D eigenvalue weighted by Gasteiger charge is 2.22. The van der Waals surface area contributed by atoms with Crippen LogP contribution in [-0.4, -0.2) is 10.8 Å². The number of para-hydroxylation sites is 1. The Morgan fingerprint density at radius 3 is 2.85 bits per heavy atom. The Bertz CT molecular complexity index is 669. The van der Waals surface area contributed by atoms with E-state index in [1.165, 1.54) is 17.4 Å². The first kappa shape index (κ1) is 14.7. The smallest absolute Gasteiger partial charge is 0.285 e. The first-order valence-corrected chi connectivity index (χ1v) is 7.41. The van der Waals surface area contributed by atoms with Gasteiger partial charge < -0.3 is 5.32 Å². The third-order valence-electron chi connectivity index (χ3n) is 2.71. The van der Waals surface area contributed by atoms with Crippen molar-refractivity contribution >= 4 is 38.9 Å². The highest BCUT2D eigenvalue weighted by Crippen LogP contribution is 2.23. The van der Waals surface area contributed by atoms with Gasteiger partial charge in [0.05, 0.1) is 11.5 Å². The lowest BCUT2D eigenvalue weighted by atomic mass is 10.1. The molecule has 5 nitrogen and oxygen atoms in total. The number of thiophene rings is 1. The maximum atomic E-state index is 12.1. The van der Waals surface area contributed by atoms with Gasteiger partial charge in [0, 0.05) is 20.3 Å². The van der Waals surface area contributed by atoms with Crippen LogP contribution in [0.3, 0.4) is 0 Å². The van der Waals surface area contributed by atoms with Gasteiger partial charge in [0.1, 0.15) is 5.56 Å². The number of amides is 1. The lowest BCUT2D eigenvalue weighted by Crippen LogP contribution is -2.23. The Labute approximate surface area is 127 Å². The van der Waals surface area contributed by atoms with Crippen molar-refractivity contribution in [1.29, 1.82) is 0 Å². The maximum Gasteiger partial charge on any atom is 0.285 e. The summed E-state index contributed by atoms with van der Waals surface area (Å²) >= 11 is 4.84. The SMILES string of the molecule is Cc1cccc(C(=O)NCc2cc(Br)cs2)c1[N+](=O)[O-]. The minimum absolute atomic E-state index is 0.0885. The van der Waals surface area contributed by atoms with E-state index in [1.807, 2.05) is 11.4 Å². The van der Waals surface area contributed by atoms with E-state index in [2.05, 4.69) is 21.2 Å². The Balaban J connectivity index is 2.17. The molecule has 0 spiro atoms. The molecule has 0 aliphatic heterocycles. The summed E-state index contributed by atoms with van der Waals surface area (Å²) in [6, 6.07) is 6.62. The van der Waals surface area contributed by atoms with Crippen LogP contribution in [0.25, 0.3) is 0 Å². The molecule has 1 N–H and O–H groups in total. The predicted octanol–water partition coefficient (Wildman–Crippen LogP) is 3.66. The molecule has 1 aromatic heterocycles. The molecule has 0 bridgehead atoms. The van der Waals surface area contributed by atoms with Crippen molar-refractivity contribution < 1.29 is 9.72 Å². The Morgan fingerprint density at radius 1 is 1.50 bits per heavy atom. The zero-order chi connectivity index (χ0) is 14.7. The van der Waals surface area contributed by atoms with Crippen molar-refractivity contribution in [2.24, 2.45) is 0 Å². The third-order valence-corrected chi connectivity index (χ3v) is 4.41. The summed E-state index contributed by atoms with van der Waals surface area (Å²) in [6.07, 6.45) is 0. The molecule has 20 heavy (non-hydrogen) atoms. The van der Waals surface area contributed by atoms with Crippen molar-refractivity contribution in [3.05, 3.63) is 60.2 Å². The molecule has 0 atom stereocenters. The Morgan fingerprint density at radius 2 is 2.25 bits per heavy atom. The van der Waals surface area contributed by atoms with Gasteiger partial charge in [-0.1, -0.05) is 12.1 Å². The quantitative estimate of drug-likeness (QED) is 0.672. The second kappa shape index (κ2) is 6.15. The fourth-order valence-electron chi connectivity index (χ4n) is 1.79. The molecular formula is C13H11BrN2O3S. The number of carbonyl (C=O) groups excluding carboxylic acids is 1. The number of nitro groups is 1. The number of hydrogen-bond acceptors (Lipinski definition) is 4. The van der Waals surface area contributed by atoms with E-state index in [-0.39, 0.29) is 11.3 Å². The minimum atomic E-state index is -0.522. The molecule has 1 aromatic carbocycles. The van der Waals surface area contributed by atoms with E-state index < -0.39 is 10.8 Å². The number of benzene rings is 1. The van der Waals surface area contributed by atoms with E-state index in [0.717, 1.165) is 9.35 Å². The number of aryl methyl sites for hydroxylation is 1. The zero-order valence-electron chi connectivity index (χ0n) is 10.6. The summed E-state index contributed by atoms with van der Waals surface area (Å²) in [5, 5.41) is 15.7. The number of carbonyl (C=O) groups is 1. The van der Waals surface area contributed by atoms with Crippen LogP contribution in [0, 0.1) is 17.0 Å². The summed E-state index contributed by atoms with van der Waals surface area (Å²) in [4.78, 5) is 23.6. The van der Waals surface area contributed by atoms with Gasteiger partial charge in [-0.2, -0.15) is 0 Å². The second-order valence-corrected chi connectivity index (χ2v) is 6.05. The number of halogens is 1. The second-order valence-electron chi connectivity index (χ2n) is 4.14.